The van der Waals surface area contributed by atoms with E-state index in [-0.39, 0.29) is 5.91 Å². The minimum atomic E-state index is -0.577. The molecule has 4 nitrogen and oxygen atoms in total. The average Bonchev–Trinajstić information content (AvgIpc) is 2.66. The molecule has 1 amide bonds. The molecule has 0 aliphatic heterocycles. The largest absolute Gasteiger partial charge is 0.491 e. The Labute approximate surface area is 160 Å². The Morgan fingerprint density at radius 2 is 1.78 bits per heavy atom. The van der Waals surface area contributed by atoms with Crippen LogP contribution in [0.15, 0.2) is 60.7 Å². The highest BCUT2D eigenvalue weighted by Gasteiger charge is 2.14. The van der Waals surface area contributed by atoms with Crippen LogP contribution in [0, 0.1) is 13.8 Å². The van der Waals surface area contributed by atoms with Crippen LogP contribution in [0.1, 0.15) is 18.1 Å². The molecular weight excluding hydrogens is 338 g/mol. The van der Waals surface area contributed by atoms with Crippen LogP contribution >= 0.6 is 0 Å². The first-order valence-electron chi connectivity index (χ1n) is 9.16. The van der Waals surface area contributed by atoms with Crippen LogP contribution in [0.5, 0.6) is 11.5 Å². The van der Waals surface area contributed by atoms with Gasteiger partial charge in [-0.25, -0.2) is 0 Å². The zero-order valence-electron chi connectivity index (χ0n) is 16.0. The van der Waals surface area contributed by atoms with Crippen LogP contribution in [0.2, 0.25) is 0 Å². The van der Waals surface area contributed by atoms with Gasteiger partial charge in [0.1, 0.15) is 18.1 Å². The fourth-order valence-corrected chi connectivity index (χ4v) is 2.94. The number of benzene rings is 3. The summed E-state index contributed by atoms with van der Waals surface area (Å²) in [5, 5.41) is 5.08. The Hall–Kier alpha value is -3.01. The van der Waals surface area contributed by atoms with Gasteiger partial charge in [-0.1, -0.05) is 48.0 Å². The fourth-order valence-electron chi connectivity index (χ4n) is 2.94. The molecule has 140 valence electrons. The van der Waals surface area contributed by atoms with E-state index in [1.807, 2.05) is 68.4 Å². The molecule has 27 heavy (non-hydrogen) atoms. The molecule has 0 aliphatic rings. The summed E-state index contributed by atoms with van der Waals surface area (Å²) < 4.78 is 11.5. The molecule has 3 rings (SSSR count). The molecule has 0 saturated heterocycles. The predicted octanol–water partition coefficient (Wildman–Crippen LogP) is 4.42. The number of aryl methyl sites for hydroxylation is 2. The van der Waals surface area contributed by atoms with Gasteiger partial charge in [-0.05, 0) is 55.3 Å². The van der Waals surface area contributed by atoms with E-state index in [0.29, 0.717) is 18.9 Å². The Balaban J connectivity index is 1.47. The van der Waals surface area contributed by atoms with Gasteiger partial charge in [0.05, 0.1) is 6.54 Å². The van der Waals surface area contributed by atoms with E-state index >= 15 is 0 Å². The molecule has 0 spiro atoms. The van der Waals surface area contributed by atoms with Gasteiger partial charge in [-0.3, -0.25) is 4.79 Å². The molecule has 3 aromatic rings. The molecule has 0 radical (unpaired) electrons. The molecule has 3 aromatic carbocycles. The third-order valence-electron chi connectivity index (χ3n) is 4.39. The van der Waals surface area contributed by atoms with Gasteiger partial charge in [0, 0.05) is 0 Å². The van der Waals surface area contributed by atoms with Crippen LogP contribution in [-0.4, -0.2) is 25.2 Å². The van der Waals surface area contributed by atoms with Crippen LogP contribution in [0.25, 0.3) is 10.8 Å². The number of amides is 1. The minimum Gasteiger partial charge on any atom is -0.491 e. The zero-order valence-corrected chi connectivity index (χ0v) is 16.0. The van der Waals surface area contributed by atoms with Crippen LogP contribution in [-0.2, 0) is 4.79 Å². The van der Waals surface area contributed by atoms with Crippen molar-refractivity contribution in [2.24, 2.45) is 0 Å². The smallest absolute Gasteiger partial charge is 0.260 e. The van der Waals surface area contributed by atoms with Crippen molar-refractivity contribution in [3.05, 3.63) is 71.8 Å². The second-order valence-electron chi connectivity index (χ2n) is 6.68. The van der Waals surface area contributed by atoms with Gasteiger partial charge in [0.15, 0.2) is 6.10 Å². The Kier molecular flexibility index (Phi) is 5.97. The minimum absolute atomic E-state index is 0.160. The molecule has 0 heterocycles. The first-order chi connectivity index (χ1) is 13.0. The highest BCUT2D eigenvalue weighted by Crippen LogP contribution is 2.21. The van der Waals surface area contributed by atoms with Crippen molar-refractivity contribution < 1.29 is 14.3 Å². The zero-order chi connectivity index (χ0) is 19.2. The summed E-state index contributed by atoms with van der Waals surface area (Å²) >= 11 is 0. The van der Waals surface area contributed by atoms with Gasteiger partial charge in [-0.15, -0.1) is 0 Å². The van der Waals surface area contributed by atoms with Crippen LogP contribution in [0.4, 0.5) is 0 Å². The molecule has 0 fully saturated rings. The van der Waals surface area contributed by atoms with Gasteiger partial charge >= 0.3 is 0 Å². The quantitative estimate of drug-likeness (QED) is 0.632. The maximum Gasteiger partial charge on any atom is 0.260 e. The summed E-state index contributed by atoms with van der Waals surface area (Å²) in [6.45, 7) is 6.65. The predicted molar refractivity (Wildman–Crippen MR) is 108 cm³/mol. The van der Waals surface area contributed by atoms with Crippen molar-refractivity contribution in [2.75, 3.05) is 13.2 Å². The summed E-state index contributed by atoms with van der Waals surface area (Å²) in [6.07, 6.45) is -0.577. The normalized spacial score (nSPS) is 11.8. The average molecular weight is 363 g/mol. The fraction of sp³-hybridized carbons (Fsp3) is 0.261. The number of ether oxygens (including phenoxy) is 2. The number of hydrogen-bond acceptors (Lipinski definition) is 3. The summed E-state index contributed by atoms with van der Waals surface area (Å²) in [6, 6.07) is 19.9. The first-order valence-corrected chi connectivity index (χ1v) is 9.16. The number of rotatable bonds is 7. The Bertz CT molecular complexity index is 936. The van der Waals surface area contributed by atoms with Crippen LogP contribution < -0.4 is 14.8 Å². The summed E-state index contributed by atoms with van der Waals surface area (Å²) in [5.41, 5.74) is 2.29. The second kappa shape index (κ2) is 8.58. The standard InChI is InChI=1S/C23H25NO3/c1-16-8-11-22(17(2)14-16)26-13-12-24-23(25)18(3)27-21-10-9-19-6-4-5-7-20(19)15-21/h4-11,14-15,18H,12-13H2,1-3H3,(H,24,25). The lowest BCUT2D eigenvalue weighted by Crippen LogP contribution is -2.38. The highest BCUT2D eigenvalue weighted by molar-refractivity contribution is 5.84. The number of carbonyl (C=O) groups excluding carboxylic acids is 1. The monoisotopic (exact) mass is 363 g/mol. The van der Waals surface area contributed by atoms with Crippen molar-refractivity contribution in [1.29, 1.82) is 0 Å². The lowest BCUT2D eigenvalue weighted by molar-refractivity contribution is -0.127. The molecule has 4 heteroatoms. The van der Waals surface area contributed by atoms with E-state index in [1.165, 1.54) is 5.56 Å². The number of hydrogen-bond donors (Lipinski definition) is 1. The third-order valence-corrected chi connectivity index (χ3v) is 4.39. The molecule has 0 aliphatic carbocycles. The Morgan fingerprint density at radius 3 is 2.56 bits per heavy atom. The third kappa shape index (κ3) is 5.00. The second-order valence-corrected chi connectivity index (χ2v) is 6.68. The molecule has 0 aromatic heterocycles. The van der Waals surface area contributed by atoms with Gasteiger partial charge in [-0.2, -0.15) is 0 Å². The summed E-state index contributed by atoms with van der Waals surface area (Å²) in [5.74, 6) is 1.37. The van der Waals surface area contributed by atoms with E-state index in [2.05, 4.69) is 11.4 Å². The van der Waals surface area contributed by atoms with E-state index in [4.69, 9.17) is 9.47 Å². The van der Waals surface area contributed by atoms with Crippen molar-refractivity contribution in [3.63, 3.8) is 0 Å². The lowest BCUT2D eigenvalue weighted by atomic mass is 10.1. The number of carbonyl (C=O) groups is 1. The summed E-state index contributed by atoms with van der Waals surface area (Å²) in [4.78, 5) is 12.2. The maximum absolute atomic E-state index is 12.2. The van der Waals surface area contributed by atoms with Crippen molar-refractivity contribution in [2.45, 2.75) is 26.9 Å². The number of nitrogens with one attached hydrogen (secondary N) is 1. The molecule has 0 saturated carbocycles. The van der Waals surface area contributed by atoms with Crippen LogP contribution in [0.3, 0.4) is 0 Å². The van der Waals surface area contributed by atoms with E-state index in [0.717, 1.165) is 22.1 Å². The summed E-state index contributed by atoms with van der Waals surface area (Å²) in [7, 11) is 0. The molecule has 1 unspecified atom stereocenters. The maximum atomic E-state index is 12.2. The van der Waals surface area contributed by atoms with E-state index in [1.54, 1.807) is 6.92 Å². The van der Waals surface area contributed by atoms with E-state index < -0.39 is 6.10 Å². The van der Waals surface area contributed by atoms with Gasteiger partial charge in [0.25, 0.3) is 5.91 Å². The van der Waals surface area contributed by atoms with Gasteiger partial charge in [0.2, 0.25) is 0 Å². The first kappa shape index (κ1) is 18.8. The topological polar surface area (TPSA) is 47.6 Å². The molecule has 1 N–H and O–H groups in total. The van der Waals surface area contributed by atoms with Crippen molar-refractivity contribution in [1.82, 2.24) is 5.32 Å². The Morgan fingerprint density at radius 1 is 1.00 bits per heavy atom. The number of fused-ring (bicyclic) bond motifs is 1. The highest BCUT2D eigenvalue weighted by atomic mass is 16.5. The van der Waals surface area contributed by atoms with Gasteiger partial charge < -0.3 is 14.8 Å². The lowest BCUT2D eigenvalue weighted by Gasteiger charge is -2.16. The molecule has 0 bridgehead atoms. The van der Waals surface area contributed by atoms with Crippen molar-refractivity contribution >= 4 is 16.7 Å². The van der Waals surface area contributed by atoms with Crippen molar-refractivity contribution in [3.8, 4) is 11.5 Å². The molecule has 1 atom stereocenters. The SMILES string of the molecule is Cc1ccc(OCCNC(=O)C(C)Oc2ccc3ccccc3c2)c(C)c1. The van der Waals surface area contributed by atoms with E-state index in [9.17, 15) is 4.79 Å². The molecular formula is C23H25NO3.